The SMILES string of the molecule is NC1=NC2(CCCCC2)N(c2cc(Br)cc(OC(F)(F)F)c2)C(N)=N1. The highest BCUT2D eigenvalue weighted by Crippen LogP contribution is 2.41. The molecule has 1 fully saturated rings. The van der Waals surface area contributed by atoms with E-state index in [0.29, 0.717) is 23.0 Å². The van der Waals surface area contributed by atoms with Gasteiger partial charge in [0, 0.05) is 10.5 Å². The lowest BCUT2D eigenvalue weighted by atomic mass is 9.87. The molecule has 1 aliphatic heterocycles. The fourth-order valence-corrected chi connectivity index (χ4v) is 3.82. The number of anilines is 1. The van der Waals surface area contributed by atoms with Gasteiger partial charge in [-0.1, -0.05) is 22.4 Å². The molecule has 0 amide bonds. The number of ether oxygens (including phenoxy) is 1. The van der Waals surface area contributed by atoms with Crippen LogP contribution in [-0.2, 0) is 0 Å². The smallest absolute Gasteiger partial charge is 0.406 e. The van der Waals surface area contributed by atoms with Gasteiger partial charge >= 0.3 is 6.36 Å². The molecule has 1 saturated carbocycles. The molecule has 1 aromatic carbocycles. The normalized spacial score (nSPS) is 20.2. The first-order chi connectivity index (χ1) is 11.7. The number of nitrogens with two attached hydrogens (primary N) is 2. The summed E-state index contributed by atoms with van der Waals surface area (Å²) in [4.78, 5) is 10.1. The summed E-state index contributed by atoms with van der Waals surface area (Å²) in [7, 11) is 0. The van der Waals surface area contributed by atoms with Crippen molar-refractivity contribution in [1.29, 1.82) is 0 Å². The van der Waals surface area contributed by atoms with Crippen molar-refractivity contribution in [2.75, 3.05) is 4.90 Å². The van der Waals surface area contributed by atoms with E-state index in [2.05, 4.69) is 30.7 Å². The van der Waals surface area contributed by atoms with Crippen molar-refractivity contribution in [3.8, 4) is 5.75 Å². The molecule has 25 heavy (non-hydrogen) atoms. The first-order valence-electron chi connectivity index (χ1n) is 7.75. The van der Waals surface area contributed by atoms with Crippen LogP contribution < -0.4 is 21.1 Å². The monoisotopic (exact) mass is 419 g/mol. The van der Waals surface area contributed by atoms with E-state index in [9.17, 15) is 13.2 Å². The average molecular weight is 420 g/mol. The third-order valence-corrected chi connectivity index (χ3v) is 4.66. The Kier molecular flexibility index (Phi) is 4.56. The molecule has 2 aliphatic rings. The predicted octanol–water partition coefficient (Wildman–Crippen LogP) is 3.46. The van der Waals surface area contributed by atoms with E-state index in [4.69, 9.17) is 11.5 Å². The van der Waals surface area contributed by atoms with Crippen molar-refractivity contribution >= 4 is 33.5 Å². The molecule has 0 aromatic heterocycles. The van der Waals surface area contributed by atoms with Gasteiger partial charge in [0.05, 0.1) is 5.69 Å². The molecule has 0 atom stereocenters. The zero-order valence-electron chi connectivity index (χ0n) is 13.2. The average Bonchev–Trinajstić information content (AvgIpc) is 2.44. The fourth-order valence-electron chi connectivity index (χ4n) is 3.36. The number of hydrogen-bond donors (Lipinski definition) is 2. The predicted molar refractivity (Wildman–Crippen MR) is 92.4 cm³/mol. The van der Waals surface area contributed by atoms with Crippen molar-refractivity contribution in [3.05, 3.63) is 22.7 Å². The molecule has 0 saturated heterocycles. The van der Waals surface area contributed by atoms with Crippen LogP contribution in [0.15, 0.2) is 32.7 Å². The summed E-state index contributed by atoms with van der Waals surface area (Å²) < 4.78 is 42.2. The van der Waals surface area contributed by atoms with Crippen LogP contribution in [0.25, 0.3) is 0 Å². The molecule has 1 aliphatic carbocycles. The summed E-state index contributed by atoms with van der Waals surface area (Å²) in [6, 6.07) is 4.16. The van der Waals surface area contributed by atoms with Gasteiger partial charge in [0.25, 0.3) is 0 Å². The van der Waals surface area contributed by atoms with Crippen LogP contribution in [0.2, 0.25) is 0 Å². The molecule has 1 heterocycles. The van der Waals surface area contributed by atoms with E-state index in [1.165, 1.54) is 12.1 Å². The summed E-state index contributed by atoms with van der Waals surface area (Å²) in [6.45, 7) is 0. The van der Waals surface area contributed by atoms with E-state index in [-0.39, 0.29) is 17.7 Å². The number of aliphatic imine (C=N–C) groups is 2. The zero-order valence-corrected chi connectivity index (χ0v) is 14.8. The molecule has 1 spiro atoms. The molecule has 0 bridgehead atoms. The van der Waals surface area contributed by atoms with Gasteiger partial charge in [-0.15, -0.1) is 13.2 Å². The third-order valence-electron chi connectivity index (χ3n) is 4.20. The van der Waals surface area contributed by atoms with Gasteiger partial charge in [-0.3, -0.25) is 4.90 Å². The molecule has 6 nitrogen and oxygen atoms in total. The lowest BCUT2D eigenvalue weighted by Gasteiger charge is -2.45. The number of hydrogen-bond acceptors (Lipinski definition) is 6. The molecule has 3 rings (SSSR count). The largest absolute Gasteiger partial charge is 0.573 e. The molecule has 136 valence electrons. The van der Waals surface area contributed by atoms with Crippen LogP contribution in [0.5, 0.6) is 5.75 Å². The van der Waals surface area contributed by atoms with Crippen molar-refractivity contribution < 1.29 is 17.9 Å². The Bertz CT molecular complexity index is 728. The summed E-state index contributed by atoms with van der Waals surface area (Å²) >= 11 is 3.22. The first kappa shape index (κ1) is 17.8. The topological polar surface area (TPSA) is 89.2 Å². The number of halogens is 4. The van der Waals surface area contributed by atoms with Gasteiger partial charge in [0.2, 0.25) is 11.9 Å². The molecular formula is C15H17BrF3N5O. The van der Waals surface area contributed by atoms with Crippen molar-refractivity contribution in [3.63, 3.8) is 0 Å². The Hall–Kier alpha value is -1.97. The second-order valence-corrected chi connectivity index (χ2v) is 6.93. The summed E-state index contributed by atoms with van der Waals surface area (Å²) in [6.07, 6.45) is -0.521. The highest BCUT2D eigenvalue weighted by atomic mass is 79.9. The highest BCUT2D eigenvalue weighted by Gasteiger charge is 2.43. The van der Waals surface area contributed by atoms with Crippen molar-refractivity contribution in [2.24, 2.45) is 21.5 Å². The number of guanidine groups is 2. The van der Waals surface area contributed by atoms with Crippen molar-refractivity contribution in [1.82, 2.24) is 0 Å². The quantitative estimate of drug-likeness (QED) is 0.767. The lowest BCUT2D eigenvalue weighted by Crippen LogP contribution is -2.58. The molecule has 10 heteroatoms. The second kappa shape index (κ2) is 6.40. The van der Waals surface area contributed by atoms with E-state index < -0.39 is 12.0 Å². The Morgan fingerprint density at radius 2 is 1.80 bits per heavy atom. The highest BCUT2D eigenvalue weighted by molar-refractivity contribution is 9.10. The van der Waals surface area contributed by atoms with E-state index >= 15 is 0 Å². The van der Waals surface area contributed by atoms with Gasteiger partial charge in [-0.25, -0.2) is 4.99 Å². The van der Waals surface area contributed by atoms with Crippen LogP contribution in [-0.4, -0.2) is 23.9 Å². The summed E-state index contributed by atoms with van der Waals surface area (Å²) in [5.74, 6) is -0.166. The standard InChI is InChI=1S/C15H17BrF3N5O/c16-9-6-10(8-11(7-9)25-15(17,18)19)24-13(21)22-12(20)23-14(24)4-2-1-3-5-14/h6-8H,1-5H2,(H4,20,21,22,23). The van der Waals surface area contributed by atoms with Crippen LogP contribution in [0.3, 0.4) is 0 Å². The maximum Gasteiger partial charge on any atom is 0.573 e. The van der Waals surface area contributed by atoms with Crippen LogP contribution in [0, 0.1) is 0 Å². The minimum Gasteiger partial charge on any atom is -0.406 e. The van der Waals surface area contributed by atoms with Gasteiger partial charge in [-0.2, -0.15) is 4.99 Å². The second-order valence-electron chi connectivity index (χ2n) is 6.01. The van der Waals surface area contributed by atoms with E-state index in [0.717, 1.165) is 19.3 Å². The van der Waals surface area contributed by atoms with Crippen molar-refractivity contribution in [2.45, 2.75) is 44.1 Å². The van der Waals surface area contributed by atoms with Gasteiger partial charge in [0.1, 0.15) is 11.4 Å². The number of rotatable bonds is 2. The van der Waals surface area contributed by atoms with Gasteiger partial charge in [0.15, 0.2) is 0 Å². The van der Waals surface area contributed by atoms with Crippen LogP contribution in [0.4, 0.5) is 18.9 Å². The summed E-state index contributed by atoms with van der Waals surface area (Å²) in [5.41, 5.74) is 11.5. The van der Waals surface area contributed by atoms with Gasteiger partial charge in [-0.05, 0) is 37.8 Å². The number of benzene rings is 1. The Morgan fingerprint density at radius 1 is 1.12 bits per heavy atom. The molecule has 1 aromatic rings. The van der Waals surface area contributed by atoms with Gasteiger partial charge < -0.3 is 16.2 Å². The number of nitrogens with zero attached hydrogens (tertiary/aromatic N) is 3. The minimum atomic E-state index is -4.79. The molecule has 0 radical (unpaired) electrons. The maximum atomic E-state index is 12.6. The fraction of sp³-hybridized carbons (Fsp3) is 0.467. The lowest BCUT2D eigenvalue weighted by molar-refractivity contribution is -0.274. The van der Waals surface area contributed by atoms with Crippen LogP contribution in [0.1, 0.15) is 32.1 Å². The third kappa shape index (κ3) is 3.83. The molecule has 0 unspecified atom stereocenters. The molecule has 4 N–H and O–H groups in total. The first-order valence-corrected chi connectivity index (χ1v) is 8.54. The Balaban J connectivity index is 2.05. The zero-order chi connectivity index (χ0) is 18.2. The Morgan fingerprint density at radius 3 is 2.44 bits per heavy atom. The maximum absolute atomic E-state index is 12.6. The summed E-state index contributed by atoms with van der Waals surface area (Å²) in [5, 5.41) is 0. The van der Waals surface area contributed by atoms with Crippen LogP contribution >= 0.6 is 15.9 Å². The molecular weight excluding hydrogens is 403 g/mol. The van der Waals surface area contributed by atoms with E-state index in [1.807, 2.05) is 0 Å². The van der Waals surface area contributed by atoms with E-state index in [1.54, 1.807) is 11.0 Å². The number of alkyl halides is 3. The minimum absolute atomic E-state index is 0.0809. The Labute approximate surface area is 150 Å².